The van der Waals surface area contributed by atoms with E-state index in [0.717, 1.165) is 10.4 Å². The summed E-state index contributed by atoms with van der Waals surface area (Å²) in [7, 11) is -3.62. The number of nitrogens with zero attached hydrogens (tertiary/aromatic N) is 2. The van der Waals surface area contributed by atoms with Crippen LogP contribution in [0.3, 0.4) is 0 Å². The van der Waals surface area contributed by atoms with Crippen molar-refractivity contribution < 1.29 is 22.7 Å². The number of sulfonamides is 1. The topological polar surface area (TPSA) is 106 Å². The molecular weight excluding hydrogens is 438 g/mol. The molecule has 0 spiro atoms. The number of aryl methyl sites for hydroxylation is 1. The first-order valence-corrected chi connectivity index (χ1v) is 12.6. The van der Waals surface area contributed by atoms with Crippen molar-refractivity contribution in [3.63, 3.8) is 0 Å². The van der Waals surface area contributed by atoms with E-state index in [9.17, 15) is 18.0 Å². The maximum absolute atomic E-state index is 12.9. The fraction of sp³-hybridized carbons (Fsp3) is 0.476. The van der Waals surface area contributed by atoms with E-state index in [-0.39, 0.29) is 36.4 Å². The van der Waals surface area contributed by atoms with Gasteiger partial charge in [0.25, 0.3) is 0 Å². The number of carbonyl (C=O) groups excluding carboxylic acids is 2. The number of thiophene rings is 1. The molecule has 1 saturated heterocycles. The minimum atomic E-state index is -3.62. The second kappa shape index (κ2) is 9.88. The highest BCUT2D eigenvalue weighted by atomic mass is 32.2. The van der Waals surface area contributed by atoms with Gasteiger partial charge in [-0.3, -0.25) is 9.78 Å². The van der Waals surface area contributed by atoms with Gasteiger partial charge in [-0.15, -0.1) is 11.3 Å². The number of esters is 1. The molecule has 0 bridgehead atoms. The first-order valence-electron chi connectivity index (χ1n) is 10.3. The van der Waals surface area contributed by atoms with Gasteiger partial charge >= 0.3 is 5.97 Å². The van der Waals surface area contributed by atoms with Gasteiger partial charge in [0.2, 0.25) is 15.9 Å². The molecule has 1 aliphatic rings. The number of aromatic nitrogens is 1. The number of anilines is 1. The second-order valence-corrected chi connectivity index (χ2v) is 10.4. The van der Waals surface area contributed by atoms with Crippen LogP contribution < -0.4 is 5.32 Å². The highest BCUT2D eigenvalue weighted by molar-refractivity contribution is 7.89. The zero-order chi connectivity index (χ0) is 22.6. The molecule has 0 unspecified atom stereocenters. The standard InChI is InChI=1S/C21H27N3O5S2/c1-4-17-14(3)30-20(18(17)21(26)29-5-2)23-19(25)15-8-11-24(12-9-15)31(27,28)16-7-6-10-22-13-16/h6-7,10,13,15H,4-5,8-9,11-12H2,1-3H3,(H,23,25). The average Bonchev–Trinajstić information content (AvgIpc) is 3.09. The highest BCUT2D eigenvalue weighted by Gasteiger charge is 2.33. The van der Waals surface area contributed by atoms with Gasteiger partial charge in [0.15, 0.2) is 0 Å². The van der Waals surface area contributed by atoms with Crippen molar-refractivity contribution in [1.82, 2.24) is 9.29 Å². The van der Waals surface area contributed by atoms with Gasteiger partial charge in [0.05, 0.1) is 12.2 Å². The zero-order valence-corrected chi connectivity index (χ0v) is 19.5. The van der Waals surface area contributed by atoms with Crippen molar-refractivity contribution in [3.05, 3.63) is 40.5 Å². The Hall–Kier alpha value is -2.30. The molecule has 0 saturated carbocycles. The molecule has 0 aromatic carbocycles. The normalized spacial score (nSPS) is 15.6. The molecule has 31 heavy (non-hydrogen) atoms. The molecule has 1 amide bonds. The summed E-state index contributed by atoms with van der Waals surface area (Å²) in [6.45, 7) is 6.39. The number of hydrogen-bond donors (Lipinski definition) is 1. The van der Waals surface area contributed by atoms with Crippen molar-refractivity contribution in [3.8, 4) is 0 Å². The average molecular weight is 466 g/mol. The van der Waals surface area contributed by atoms with Crippen LogP contribution >= 0.6 is 11.3 Å². The van der Waals surface area contributed by atoms with Crippen LogP contribution in [0.15, 0.2) is 29.4 Å². The smallest absolute Gasteiger partial charge is 0.341 e. The van der Waals surface area contributed by atoms with Gasteiger partial charge < -0.3 is 10.1 Å². The third-order valence-corrected chi connectivity index (χ3v) is 8.32. The fourth-order valence-corrected chi connectivity index (χ4v) is 6.30. The third-order valence-electron chi connectivity index (χ3n) is 5.38. The summed E-state index contributed by atoms with van der Waals surface area (Å²) >= 11 is 1.37. The Kier molecular flexibility index (Phi) is 7.45. The Morgan fingerprint density at radius 2 is 2.00 bits per heavy atom. The number of hydrogen-bond acceptors (Lipinski definition) is 7. The zero-order valence-electron chi connectivity index (χ0n) is 17.9. The van der Waals surface area contributed by atoms with Gasteiger partial charge in [0.1, 0.15) is 9.90 Å². The van der Waals surface area contributed by atoms with Gasteiger partial charge in [0, 0.05) is 36.3 Å². The number of carbonyl (C=O) groups is 2. The second-order valence-electron chi connectivity index (χ2n) is 7.27. The number of amides is 1. The Morgan fingerprint density at radius 3 is 2.58 bits per heavy atom. The largest absolute Gasteiger partial charge is 0.462 e. The molecular formula is C21H27N3O5S2. The number of rotatable bonds is 7. The van der Waals surface area contributed by atoms with Crippen LogP contribution in [-0.2, 0) is 26.0 Å². The molecule has 3 rings (SSSR count). The SMILES string of the molecule is CCOC(=O)c1c(NC(=O)C2CCN(S(=O)(=O)c3cccnc3)CC2)sc(C)c1CC. The van der Waals surface area contributed by atoms with Crippen LogP contribution in [-0.4, -0.2) is 49.3 Å². The number of piperidine rings is 1. The van der Waals surface area contributed by atoms with Crippen LogP contribution in [0.1, 0.15) is 47.5 Å². The van der Waals surface area contributed by atoms with E-state index < -0.39 is 16.0 Å². The number of nitrogens with one attached hydrogen (secondary N) is 1. The summed E-state index contributed by atoms with van der Waals surface area (Å²) in [5.41, 5.74) is 1.31. The molecule has 3 heterocycles. The Labute approximate surface area is 186 Å². The van der Waals surface area contributed by atoms with Crippen molar-refractivity contribution in [1.29, 1.82) is 0 Å². The maximum Gasteiger partial charge on any atom is 0.341 e. The summed E-state index contributed by atoms with van der Waals surface area (Å²) in [6, 6.07) is 3.10. The first kappa shape index (κ1) is 23.4. The van der Waals surface area contributed by atoms with Crippen LogP contribution in [0.4, 0.5) is 5.00 Å². The molecule has 2 aromatic heterocycles. The number of ether oxygens (including phenoxy) is 1. The molecule has 168 valence electrons. The minimum absolute atomic E-state index is 0.151. The summed E-state index contributed by atoms with van der Waals surface area (Å²) in [4.78, 5) is 30.4. The minimum Gasteiger partial charge on any atom is -0.462 e. The molecule has 2 aromatic rings. The van der Waals surface area contributed by atoms with Crippen molar-refractivity contribution in [2.45, 2.75) is 44.9 Å². The summed E-state index contributed by atoms with van der Waals surface area (Å²) in [6.07, 6.45) is 4.33. The molecule has 8 nitrogen and oxygen atoms in total. The molecule has 1 fully saturated rings. The summed E-state index contributed by atoms with van der Waals surface area (Å²) in [5.74, 6) is -0.966. The highest BCUT2D eigenvalue weighted by Crippen LogP contribution is 2.35. The monoisotopic (exact) mass is 465 g/mol. The number of pyridine rings is 1. The van der Waals surface area contributed by atoms with Crippen LogP contribution in [0, 0.1) is 12.8 Å². The van der Waals surface area contributed by atoms with E-state index in [1.54, 1.807) is 13.0 Å². The van der Waals surface area contributed by atoms with E-state index in [0.29, 0.717) is 29.8 Å². The predicted octanol–water partition coefficient (Wildman–Crippen LogP) is 3.23. The molecule has 10 heteroatoms. The molecule has 0 radical (unpaired) electrons. The van der Waals surface area contributed by atoms with E-state index in [4.69, 9.17) is 4.74 Å². The van der Waals surface area contributed by atoms with E-state index >= 15 is 0 Å². The van der Waals surface area contributed by atoms with Gasteiger partial charge in [-0.05, 0) is 50.8 Å². The lowest BCUT2D eigenvalue weighted by molar-refractivity contribution is -0.120. The first-order chi connectivity index (χ1) is 14.8. The van der Waals surface area contributed by atoms with Gasteiger partial charge in [-0.2, -0.15) is 4.31 Å². The lowest BCUT2D eigenvalue weighted by atomic mass is 9.97. The van der Waals surface area contributed by atoms with E-state index in [1.165, 1.54) is 34.1 Å². The van der Waals surface area contributed by atoms with Crippen LogP contribution in [0.2, 0.25) is 0 Å². The predicted molar refractivity (Wildman–Crippen MR) is 119 cm³/mol. The Morgan fingerprint density at radius 1 is 1.29 bits per heavy atom. The molecule has 0 aliphatic carbocycles. The van der Waals surface area contributed by atoms with Gasteiger partial charge in [-0.1, -0.05) is 6.92 Å². The Bertz CT molecular complexity index is 1040. The molecule has 1 N–H and O–H groups in total. The Balaban J connectivity index is 1.69. The van der Waals surface area contributed by atoms with Gasteiger partial charge in [-0.25, -0.2) is 13.2 Å². The quantitative estimate of drug-likeness (QED) is 0.630. The summed E-state index contributed by atoms with van der Waals surface area (Å²) < 4.78 is 32.1. The molecule has 0 atom stereocenters. The lowest BCUT2D eigenvalue weighted by Crippen LogP contribution is -2.41. The fourth-order valence-electron chi connectivity index (χ4n) is 3.73. The van der Waals surface area contributed by atoms with Crippen molar-refractivity contribution in [2.75, 3.05) is 25.0 Å². The third kappa shape index (κ3) is 4.97. The molecule has 1 aliphatic heterocycles. The van der Waals surface area contributed by atoms with Crippen LogP contribution in [0.5, 0.6) is 0 Å². The summed E-state index contributed by atoms with van der Waals surface area (Å²) in [5, 5.41) is 3.40. The van der Waals surface area contributed by atoms with Crippen molar-refractivity contribution >= 4 is 38.2 Å². The van der Waals surface area contributed by atoms with E-state index in [2.05, 4.69) is 10.3 Å². The lowest BCUT2D eigenvalue weighted by Gasteiger charge is -2.30. The maximum atomic E-state index is 12.9. The van der Waals surface area contributed by atoms with E-state index in [1.807, 2.05) is 13.8 Å². The van der Waals surface area contributed by atoms with Crippen LogP contribution in [0.25, 0.3) is 0 Å². The van der Waals surface area contributed by atoms with Crippen molar-refractivity contribution in [2.24, 2.45) is 5.92 Å².